The molecule has 0 spiro atoms. The Morgan fingerprint density at radius 3 is 2.72 bits per heavy atom. The number of hydrogen-bond donors (Lipinski definition) is 1. The van der Waals surface area contributed by atoms with Crippen molar-refractivity contribution >= 4 is 0 Å². The zero-order valence-electron chi connectivity index (χ0n) is 11.6. The maximum atomic E-state index is 5.40. The lowest BCUT2D eigenvalue weighted by Gasteiger charge is -2.16. The molecule has 100 valence electrons. The first-order chi connectivity index (χ1) is 8.79. The average Bonchev–Trinajstić information content (AvgIpc) is 2.87. The van der Waals surface area contributed by atoms with Crippen LogP contribution in [0, 0.1) is 0 Å². The molecular weight excluding hydrogens is 222 g/mol. The zero-order valence-corrected chi connectivity index (χ0v) is 11.6. The highest BCUT2D eigenvalue weighted by atomic mass is 16.5. The van der Waals surface area contributed by atoms with E-state index in [0.29, 0.717) is 18.1 Å². The minimum absolute atomic E-state index is 0.481. The van der Waals surface area contributed by atoms with Gasteiger partial charge in [0.15, 0.2) is 0 Å². The Morgan fingerprint density at radius 2 is 2.06 bits per heavy atom. The molecule has 3 atom stereocenters. The Labute approximate surface area is 111 Å². The molecule has 18 heavy (non-hydrogen) atoms. The molecule has 2 nitrogen and oxygen atoms in total. The molecule has 0 amide bonds. The van der Waals surface area contributed by atoms with Crippen LogP contribution < -0.4 is 5.32 Å². The van der Waals surface area contributed by atoms with E-state index in [0.717, 1.165) is 6.54 Å². The second-order valence-electron chi connectivity index (χ2n) is 5.42. The predicted octanol–water partition coefficient (Wildman–Crippen LogP) is 3.34. The van der Waals surface area contributed by atoms with Crippen molar-refractivity contribution in [1.82, 2.24) is 5.32 Å². The van der Waals surface area contributed by atoms with Gasteiger partial charge in [-0.05, 0) is 43.7 Å². The fourth-order valence-corrected chi connectivity index (χ4v) is 2.79. The molecule has 3 unspecified atom stereocenters. The van der Waals surface area contributed by atoms with Crippen molar-refractivity contribution in [2.24, 2.45) is 0 Å². The summed E-state index contributed by atoms with van der Waals surface area (Å²) in [6, 6.07) is 11.4. The van der Waals surface area contributed by atoms with Crippen molar-refractivity contribution in [2.75, 3.05) is 13.7 Å². The number of nitrogens with one attached hydrogen (secondary N) is 1. The molecule has 1 saturated carbocycles. The number of benzene rings is 1. The molecule has 1 aromatic carbocycles. The van der Waals surface area contributed by atoms with Crippen LogP contribution in [0.2, 0.25) is 0 Å². The van der Waals surface area contributed by atoms with Crippen molar-refractivity contribution < 1.29 is 4.74 Å². The Bertz CT molecular complexity index is 338. The van der Waals surface area contributed by atoms with Crippen molar-refractivity contribution in [3.63, 3.8) is 0 Å². The molecule has 0 heterocycles. The van der Waals surface area contributed by atoms with Crippen LogP contribution in [0.4, 0.5) is 0 Å². The lowest BCUT2D eigenvalue weighted by molar-refractivity contribution is 0.107. The first kappa shape index (κ1) is 13.6. The fourth-order valence-electron chi connectivity index (χ4n) is 2.79. The summed E-state index contributed by atoms with van der Waals surface area (Å²) in [5, 5.41) is 3.67. The summed E-state index contributed by atoms with van der Waals surface area (Å²) in [6.45, 7) is 3.42. The summed E-state index contributed by atoms with van der Waals surface area (Å²) in [5.41, 5.74) is 1.44. The van der Waals surface area contributed by atoms with Crippen LogP contribution in [-0.2, 0) is 4.74 Å². The largest absolute Gasteiger partial charge is 0.381 e. The molecule has 0 saturated heterocycles. The van der Waals surface area contributed by atoms with Crippen LogP contribution in [0.1, 0.15) is 44.1 Å². The first-order valence-electron chi connectivity index (χ1n) is 7.10. The summed E-state index contributed by atoms with van der Waals surface area (Å²) in [6.07, 6.45) is 5.34. The van der Waals surface area contributed by atoms with Gasteiger partial charge in [-0.15, -0.1) is 0 Å². The average molecular weight is 247 g/mol. The van der Waals surface area contributed by atoms with Crippen LogP contribution in [0.15, 0.2) is 30.3 Å². The summed E-state index contributed by atoms with van der Waals surface area (Å²) in [5.74, 6) is 0.637. The highest BCUT2D eigenvalue weighted by Gasteiger charge is 2.23. The van der Waals surface area contributed by atoms with E-state index in [1.54, 1.807) is 0 Å². The van der Waals surface area contributed by atoms with Gasteiger partial charge in [0.1, 0.15) is 0 Å². The molecule has 2 heteroatoms. The van der Waals surface area contributed by atoms with E-state index in [4.69, 9.17) is 4.74 Å². The smallest absolute Gasteiger partial charge is 0.0586 e. The Balaban J connectivity index is 1.67. The first-order valence-corrected chi connectivity index (χ1v) is 7.10. The monoisotopic (exact) mass is 247 g/mol. The van der Waals surface area contributed by atoms with Crippen molar-refractivity contribution in [3.8, 4) is 0 Å². The van der Waals surface area contributed by atoms with Crippen LogP contribution in [0.3, 0.4) is 0 Å². The molecule has 1 aliphatic rings. The van der Waals surface area contributed by atoms with E-state index < -0.39 is 0 Å². The maximum Gasteiger partial charge on any atom is 0.0586 e. The maximum absolute atomic E-state index is 5.40. The number of hydrogen-bond acceptors (Lipinski definition) is 2. The minimum Gasteiger partial charge on any atom is -0.381 e. The van der Waals surface area contributed by atoms with Gasteiger partial charge in [-0.3, -0.25) is 0 Å². The standard InChI is InChI=1S/C16H25NO/c1-13(14-6-4-3-5-7-14)10-11-17-15-8-9-16(12-15)18-2/h3-7,13,15-17H,8-12H2,1-2H3. The normalized spacial score (nSPS) is 25.2. The highest BCUT2D eigenvalue weighted by molar-refractivity contribution is 5.18. The lowest BCUT2D eigenvalue weighted by Crippen LogP contribution is -2.28. The van der Waals surface area contributed by atoms with Gasteiger partial charge in [0.25, 0.3) is 0 Å². The number of rotatable bonds is 6. The van der Waals surface area contributed by atoms with E-state index in [1.165, 1.54) is 31.2 Å². The third kappa shape index (κ3) is 3.82. The highest BCUT2D eigenvalue weighted by Crippen LogP contribution is 2.22. The SMILES string of the molecule is COC1CCC(NCCC(C)c2ccccc2)C1. The van der Waals surface area contributed by atoms with Crippen LogP contribution in [0.25, 0.3) is 0 Å². The quantitative estimate of drug-likeness (QED) is 0.832. The van der Waals surface area contributed by atoms with E-state index in [2.05, 4.69) is 42.6 Å². The summed E-state index contributed by atoms with van der Waals surface area (Å²) in [7, 11) is 1.82. The van der Waals surface area contributed by atoms with Crippen LogP contribution >= 0.6 is 0 Å². The molecule has 1 fully saturated rings. The Hall–Kier alpha value is -0.860. The van der Waals surface area contributed by atoms with Gasteiger partial charge < -0.3 is 10.1 Å². The summed E-state index contributed by atoms with van der Waals surface area (Å²) >= 11 is 0. The lowest BCUT2D eigenvalue weighted by atomic mass is 9.98. The molecule has 0 aliphatic heterocycles. The number of methoxy groups -OCH3 is 1. The molecule has 0 aromatic heterocycles. The van der Waals surface area contributed by atoms with Gasteiger partial charge in [0.05, 0.1) is 6.10 Å². The van der Waals surface area contributed by atoms with E-state index in [-0.39, 0.29) is 0 Å². The molecule has 1 N–H and O–H groups in total. The van der Waals surface area contributed by atoms with E-state index in [9.17, 15) is 0 Å². The predicted molar refractivity (Wildman–Crippen MR) is 75.9 cm³/mol. The molecule has 0 bridgehead atoms. The topological polar surface area (TPSA) is 21.3 Å². The fraction of sp³-hybridized carbons (Fsp3) is 0.625. The minimum atomic E-state index is 0.481. The molecular formula is C16H25NO. The van der Waals surface area contributed by atoms with E-state index >= 15 is 0 Å². The van der Waals surface area contributed by atoms with Crippen molar-refractivity contribution in [1.29, 1.82) is 0 Å². The zero-order chi connectivity index (χ0) is 12.8. The second kappa shape index (κ2) is 6.91. The summed E-state index contributed by atoms with van der Waals surface area (Å²) in [4.78, 5) is 0. The molecule has 1 aromatic rings. The van der Waals surface area contributed by atoms with Gasteiger partial charge in [-0.25, -0.2) is 0 Å². The molecule has 2 rings (SSSR count). The summed E-state index contributed by atoms with van der Waals surface area (Å²) < 4.78 is 5.40. The van der Waals surface area contributed by atoms with Gasteiger partial charge in [0, 0.05) is 13.2 Å². The number of ether oxygens (including phenoxy) is 1. The van der Waals surface area contributed by atoms with Gasteiger partial charge in [-0.2, -0.15) is 0 Å². The van der Waals surface area contributed by atoms with Gasteiger partial charge in [0.2, 0.25) is 0 Å². The Kier molecular flexibility index (Phi) is 5.21. The van der Waals surface area contributed by atoms with Gasteiger partial charge in [-0.1, -0.05) is 37.3 Å². The second-order valence-corrected chi connectivity index (χ2v) is 5.42. The van der Waals surface area contributed by atoms with Crippen molar-refractivity contribution in [2.45, 2.75) is 50.7 Å². The Morgan fingerprint density at radius 1 is 1.28 bits per heavy atom. The molecule has 1 aliphatic carbocycles. The molecule has 0 radical (unpaired) electrons. The van der Waals surface area contributed by atoms with Crippen LogP contribution in [-0.4, -0.2) is 25.8 Å². The van der Waals surface area contributed by atoms with Gasteiger partial charge >= 0.3 is 0 Å². The third-order valence-corrected chi connectivity index (χ3v) is 4.10. The van der Waals surface area contributed by atoms with Crippen molar-refractivity contribution in [3.05, 3.63) is 35.9 Å². The van der Waals surface area contributed by atoms with Crippen LogP contribution in [0.5, 0.6) is 0 Å². The van der Waals surface area contributed by atoms with E-state index in [1.807, 2.05) is 7.11 Å². The third-order valence-electron chi connectivity index (χ3n) is 4.10.